The van der Waals surface area contributed by atoms with Gasteiger partial charge in [0.25, 0.3) is 0 Å². The van der Waals surface area contributed by atoms with Crippen LogP contribution in [-0.4, -0.2) is 16.9 Å². The number of carbonyl (C=O) groups is 2. The molecule has 0 saturated heterocycles. The van der Waals surface area contributed by atoms with E-state index < -0.39 is 11.4 Å². The summed E-state index contributed by atoms with van der Waals surface area (Å²) in [5.74, 6) is -1.01. The van der Waals surface area contributed by atoms with Crippen LogP contribution in [0.1, 0.15) is 37.0 Å². The quantitative estimate of drug-likeness (QED) is 0.838. The van der Waals surface area contributed by atoms with Gasteiger partial charge in [0.15, 0.2) is 0 Å². The summed E-state index contributed by atoms with van der Waals surface area (Å²) in [5, 5.41) is 11.3. The zero-order chi connectivity index (χ0) is 12.3. The molecule has 1 aromatic rings. The Balaban J connectivity index is 2.11. The lowest BCUT2D eigenvalue weighted by Crippen LogP contribution is -2.42. The van der Waals surface area contributed by atoms with Crippen LogP contribution < -0.4 is 0 Å². The Bertz CT molecular complexity index is 410. The van der Waals surface area contributed by atoms with E-state index in [0.29, 0.717) is 25.7 Å². The van der Waals surface area contributed by atoms with Crippen molar-refractivity contribution in [3.8, 4) is 0 Å². The van der Waals surface area contributed by atoms with Crippen LogP contribution in [0.15, 0.2) is 17.5 Å². The molecular formula is C13H16O3S. The van der Waals surface area contributed by atoms with Crippen molar-refractivity contribution < 1.29 is 14.7 Å². The van der Waals surface area contributed by atoms with Gasteiger partial charge in [-0.2, -0.15) is 0 Å². The second kappa shape index (κ2) is 5.00. The summed E-state index contributed by atoms with van der Waals surface area (Å²) in [6.07, 6.45) is 3.76. The fourth-order valence-electron chi connectivity index (χ4n) is 2.48. The standard InChI is InChI=1S/C13H16O3S/c14-11-5-1-2-7-13(11,12(15)16)8-6-10-4-3-9-17-10/h3-4,9H,1-2,5-8H2,(H,15,16). The first kappa shape index (κ1) is 12.3. The summed E-state index contributed by atoms with van der Waals surface area (Å²) in [6, 6.07) is 3.95. The molecule has 1 N–H and O–H groups in total. The molecular weight excluding hydrogens is 236 g/mol. The molecule has 1 unspecified atom stereocenters. The maximum Gasteiger partial charge on any atom is 0.317 e. The molecule has 4 heteroatoms. The van der Waals surface area contributed by atoms with Crippen LogP contribution in [0.25, 0.3) is 0 Å². The number of carboxylic acids is 1. The monoisotopic (exact) mass is 252 g/mol. The highest BCUT2D eigenvalue weighted by molar-refractivity contribution is 7.09. The first-order valence-electron chi connectivity index (χ1n) is 5.94. The summed E-state index contributed by atoms with van der Waals surface area (Å²) in [5.41, 5.74) is -1.11. The van der Waals surface area contributed by atoms with Gasteiger partial charge < -0.3 is 5.11 Å². The van der Waals surface area contributed by atoms with Gasteiger partial charge in [-0.25, -0.2) is 0 Å². The molecule has 1 aliphatic carbocycles. The average molecular weight is 252 g/mol. The number of Topliss-reactive ketones (excluding diaryl/α,β-unsaturated/α-hetero) is 1. The third kappa shape index (κ3) is 2.41. The maximum absolute atomic E-state index is 11.9. The third-order valence-corrected chi connectivity index (χ3v) is 4.51. The first-order valence-corrected chi connectivity index (χ1v) is 6.82. The van der Waals surface area contributed by atoms with Gasteiger partial charge in [0.2, 0.25) is 0 Å². The Labute approximate surface area is 104 Å². The molecule has 2 rings (SSSR count). The Kier molecular flexibility index (Phi) is 3.62. The largest absolute Gasteiger partial charge is 0.480 e. The number of hydrogen-bond acceptors (Lipinski definition) is 3. The molecule has 1 aromatic heterocycles. The lowest BCUT2D eigenvalue weighted by molar-refractivity contribution is -0.157. The first-order chi connectivity index (χ1) is 8.15. The predicted molar refractivity (Wildman–Crippen MR) is 66.2 cm³/mol. The van der Waals surface area contributed by atoms with Gasteiger partial charge >= 0.3 is 5.97 Å². The molecule has 92 valence electrons. The Morgan fingerprint density at radius 3 is 2.88 bits per heavy atom. The second-order valence-corrected chi connectivity index (χ2v) is 5.63. The van der Waals surface area contributed by atoms with Crippen molar-refractivity contribution in [2.24, 2.45) is 5.41 Å². The normalized spacial score (nSPS) is 24.8. The van der Waals surface area contributed by atoms with E-state index in [4.69, 9.17) is 0 Å². The molecule has 1 fully saturated rings. The van der Waals surface area contributed by atoms with Gasteiger partial charge in [-0.1, -0.05) is 12.5 Å². The van der Waals surface area contributed by atoms with Gasteiger partial charge in [-0.15, -0.1) is 11.3 Å². The molecule has 0 spiro atoms. The van der Waals surface area contributed by atoms with Gasteiger partial charge in [-0.3, -0.25) is 9.59 Å². The molecule has 1 atom stereocenters. The SMILES string of the molecule is O=C(O)C1(CCc2cccs2)CCCCC1=O. The van der Waals surface area contributed by atoms with E-state index in [1.165, 1.54) is 0 Å². The number of ketones is 1. The van der Waals surface area contributed by atoms with Crippen molar-refractivity contribution in [1.29, 1.82) is 0 Å². The molecule has 0 aliphatic heterocycles. The van der Waals surface area contributed by atoms with E-state index >= 15 is 0 Å². The van der Waals surface area contributed by atoms with Gasteiger partial charge in [-0.05, 0) is 37.1 Å². The lowest BCUT2D eigenvalue weighted by atomic mass is 9.70. The minimum absolute atomic E-state index is 0.0761. The molecule has 0 amide bonds. The Morgan fingerprint density at radius 1 is 1.47 bits per heavy atom. The van der Waals surface area contributed by atoms with Crippen molar-refractivity contribution in [3.63, 3.8) is 0 Å². The minimum atomic E-state index is -1.11. The number of carbonyl (C=O) groups excluding carboxylic acids is 1. The molecule has 0 aromatic carbocycles. The van der Waals surface area contributed by atoms with Crippen LogP contribution in [-0.2, 0) is 16.0 Å². The second-order valence-electron chi connectivity index (χ2n) is 4.60. The summed E-state index contributed by atoms with van der Waals surface area (Å²) < 4.78 is 0. The fourth-order valence-corrected chi connectivity index (χ4v) is 3.19. The zero-order valence-corrected chi connectivity index (χ0v) is 10.5. The van der Waals surface area contributed by atoms with Crippen molar-refractivity contribution in [2.45, 2.75) is 38.5 Å². The highest BCUT2D eigenvalue weighted by Gasteiger charge is 2.46. The molecule has 0 radical (unpaired) electrons. The van der Waals surface area contributed by atoms with Gasteiger partial charge in [0.05, 0.1) is 0 Å². The molecule has 0 bridgehead atoms. The van der Waals surface area contributed by atoms with Crippen LogP contribution >= 0.6 is 11.3 Å². The fraction of sp³-hybridized carbons (Fsp3) is 0.538. The van der Waals surface area contributed by atoms with Crippen LogP contribution in [0.2, 0.25) is 0 Å². The van der Waals surface area contributed by atoms with Gasteiger partial charge in [0.1, 0.15) is 11.2 Å². The molecule has 1 aliphatic rings. The van der Waals surface area contributed by atoms with Crippen molar-refractivity contribution >= 4 is 23.1 Å². The maximum atomic E-state index is 11.9. The van der Waals surface area contributed by atoms with Crippen LogP contribution in [0.5, 0.6) is 0 Å². The number of thiophene rings is 1. The number of carboxylic acid groups (broad SMARTS) is 1. The predicted octanol–water partition coefficient (Wildman–Crippen LogP) is 2.89. The van der Waals surface area contributed by atoms with Crippen LogP contribution in [0.3, 0.4) is 0 Å². The summed E-state index contributed by atoms with van der Waals surface area (Å²) in [6.45, 7) is 0. The van der Waals surface area contributed by atoms with E-state index in [-0.39, 0.29) is 5.78 Å². The highest BCUT2D eigenvalue weighted by Crippen LogP contribution is 2.38. The summed E-state index contributed by atoms with van der Waals surface area (Å²) in [4.78, 5) is 24.5. The topological polar surface area (TPSA) is 54.4 Å². The summed E-state index contributed by atoms with van der Waals surface area (Å²) >= 11 is 1.62. The molecule has 1 saturated carbocycles. The zero-order valence-electron chi connectivity index (χ0n) is 9.65. The van der Waals surface area contributed by atoms with Crippen molar-refractivity contribution in [2.75, 3.05) is 0 Å². The van der Waals surface area contributed by atoms with Crippen LogP contribution in [0, 0.1) is 5.41 Å². The van der Waals surface area contributed by atoms with Crippen molar-refractivity contribution in [3.05, 3.63) is 22.4 Å². The molecule has 17 heavy (non-hydrogen) atoms. The van der Waals surface area contributed by atoms with Crippen LogP contribution in [0.4, 0.5) is 0 Å². The minimum Gasteiger partial charge on any atom is -0.480 e. The van der Waals surface area contributed by atoms with E-state index in [0.717, 1.165) is 17.7 Å². The van der Waals surface area contributed by atoms with Crippen molar-refractivity contribution in [1.82, 2.24) is 0 Å². The summed E-state index contributed by atoms with van der Waals surface area (Å²) in [7, 11) is 0. The average Bonchev–Trinajstić information content (AvgIpc) is 2.81. The number of rotatable bonds is 4. The molecule has 1 heterocycles. The van der Waals surface area contributed by atoms with E-state index in [2.05, 4.69) is 0 Å². The lowest BCUT2D eigenvalue weighted by Gasteiger charge is -2.31. The third-order valence-electron chi connectivity index (χ3n) is 3.58. The van der Waals surface area contributed by atoms with E-state index in [1.807, 2.05) is 17.5 Å². The Morgan fingerprint density at radius 2 is 2.29 bits per heavy atom. The number of aryl methyl sites for hydroxylation is 1. The molecule has 3 nitrogen and oxygen atoms in total. The van der Waals surface area contributed by atoms with Gasteiger partial charge in [0, 0.05) is 11.3 Å². The Hall–Kier alpha value is -1.16. The smallest absolute Gasteiger partial charge is 0.317 e. The number of aliphatic carboxylic acids is 1. The highest BCUT2D eigenvalue weighted by atomic mass is 32.1. The van der Waals surface area contributed by atoms with E-state index in [1.54, 1.807) is 11.3 Å². The number of hydrogen-bond donors (Lipinski definition) is 1. The van der Waals surface area contributed by atoms with E-state index in [9.17, 15) is 14.7 Å².